The molecule has 1 rings (SSSR count). The second-order valence-electron chi connectivity index (χ2n) is 4.47. The van der Waals surface area contributed by atoms with Gasteiger partial charge in [0.05, 0.1) is 7.11 Å². The Morgan fingerprint density at radius 2 is 2.05 bits per heavy atom. The zero-order chi connectivity index (χ0) is 14.8. The molecular weight excluding hydrogens is 270 g/mol. The number of benzene rings is 1. The van der Waals surface area contributed by atoms with Crippen LogP contribution >= 0.6 is 11.8 Å². The van der Waals surface area contributed by atoms with Crippen LogP contribution in [0.3, 0.4) is 0 Å². The van der Waals surface area contributed by atoms with Crippen molar-refractivity contribution in [1.82, 2.24) is 10.6 Å². The first-order valence-corrected chi connectivity index (χ1v) is 8.17. The van der Waals surface area contributed by atoms with Gasteiger partial charge >= 0.3 is 0 Å². The third-order valence-electron chi connectivity index (χ3n) is 3.00. The van der Waals surface area contributed by atoms with E-state index < -0.39 is 0 Å². The fourth-order valence-electron chi connectivity index (χ4n) is 1.84. The van der Waals surface area contributed by atoms with Crippen LogP contribution in [0.1, 0.15) is 11.1 Å². The van der Waals surface area contributed by atoms with Gasteiger partial charge in [-0.1, -0.05) is 12.1 Å². The summed E-state index contributed by atoms with van der Waals surface area (Å²) >= 11 is 1.82. The summed E-state index contributed by atoms with van der Waals surface area (Å²) < 4.78 is 5.34. The van der Waals surface area contributed by atoms with Crippen molar-refractivity contribution < 1.29 is 4.74 Å². The van der Waals surface area contributed by atoms with Crippen LogP contribution in [0, 0.1) is 6.92 Å². The van der Waals surface area contributed by atoms with Crippen LogP contribution in [0.4, 0.5) is 0 Å². The van der Waals surface area contributed by atoms with Crippen molar-refractivity contribution in [3.05, 3.63) is 29.3 Å². The quantitative estimate of drug-likeness (QED) is 0.459. The molecule has 4 nitrogen and oxygen atoms in total. The van der Waals surface area contributed by atoms with E-state index >= 15 is 0 Å². The number of aryl methyl sites for hydroxylation is 1. The maximum Gasteiger partial charge on any atom is 0.191 e. The molecule has 0 saturated heterocycles. The summed E-state index contributed by atoms with van der Waals surface area (Å²) in [5.41, 5.74) is 2.43. The summed E-state index contributed by atoms with van der Waals surface area (Å²) in [5.74, 6) is 2.89. The van der Waals surface area contributed by atoms with Crippen LogP contribution in [0.5, 0.6) is 5.75 Å². The van der Waals surface area contributed by atoms with E-state index in [4.69, 9.17) is 4.74 Å². The first-order chi connectivity index (χ1) is 9.71. The minimum absolute atomic E-state index is 0.852. The molecule has 2 N–H and O–H groups in total. The SMILES string of the molecule is CN=C(NCCSC)NCCc1ccc(C)c(OC)c1. The zero-order valence-corrected chi connectivity index (χ0v) is 13.6. The molecule has 0 aliphatic heterocycles. The number of thioether (sulfide) groups is 1. The van der Waals surface area contributed by atoms with E-state index in [-0.39, 0.29) is 0 Å². The van der Waals surface area contributed by atoms with Crippen LogP contribution in [-0.2, 0) is 6.42 Å². The number of hydrogen-bond acceptors (Lipinski definition) is 3. The smallest absolute Gasteiger partial charge is 0.191 e. The third kappa shape index (κ3) is 5.74. The van der Waals surface area contributed by atoms with Crippen molar-refractivity contribution in [1.29, 1.82) is 0 Å². The zero-order valence-electron chi connectivity index (χ0n) is 12.8. The number of rotatable bonds is 7. The summed E-state index contributed by atoms with van der Waals surface area (Å²) in [5, 5.41) is 6.60. The lowest BCUT2D eigenvalue weighted by atomic mass is 10.1. The minimum Gasteiger partial charge on any atom is -0.496 e. The van der Waals surface area contributed by atoms with E-state index in [0.717, 1.165) is 37.0 Å². The van der Waals surface area contributed by atoms with Crippen LogP contribution in [0.15, 0.2) is 23.2 Å². The highest BCUT2D eigenvalue weighted by Gasteiger charge is 2.01. The van der Waals surface area contributed by atoms with E-state index in [9.17, 15) is 0 Å². The number of guanidine groups is 1. The molecule has 0 aromatic heterocycles. The molecule has 0 saturated carbocycles. The second kappa shape index (κ2) is 9.53. The molecule has 0 fully saturated rings. The maximum atomic E-state index is 5.34. The summed E-state index contributed by atoms with van der Waals surface area (Å²) in [6.07, 6.45) is 3.04. The molecule has 0 aliphatic rings. The number of hydrogen-bond donors (Lipinski definition) is 2. The van der Waals surface area contributed by atoms with Crippen molar-refractivity contribution in [2.24, 2.45) is 4.99 Å². The van der Waals surface area contributed by atoms with Crippen molar-refractivity contribution in [2.75, 3.05) is 39.3 Å². The van der Waals surface area contributed by atoms with Gasteiger partial charge in [0.2, 0.25) is 0 Å². The largest absolute Gasteiger partial charge is 0.496 e. The van der Waals surface area contributed by atoms with Crippen molar-refractivity contribution in [2.45, 2.75) is 13.3 Å². The van der Waals surface area contributed by atoms with Gasteiger partial charge in [-0.15, -0.1) is 0 Å². The molecule has 0 radical (unpaired) electrons. The Kier molecular flexibility index (Phi) is 7.95. The molecule has 1 aromatic rings. The van der Waals surface area contributed by atoms with Gasteiger partial charge < -0.3 is 15.4 Å². The monoisotopic (exact) mass is 295 g/mol. The maximum absolute atomic E-state index is 5.34. The van der Waals surface area contributed by atoms with Crippen LogP contribution < -0.4 is 15.4 Å². The number of nitrogens with one attached hydrogen (secondary N) is 2. The molecular formula is C15H25N3OS. The minimum atomic E-state index is 0.852. The van der Waals surface area contributed by atoms with Crippen molar-refractivity contribution >= 4 is 17.7 Å². The van der Waals surface area contributed by atoms with Gasteiger partial charge in [-0.05, 0) is 36.8 Å². The lowest BCUT2D eigenvalue weighted by Crippen LogP contribution is -2.39. The Bertz CT molecular complexity index is 435. The summed E-state index contributed by atoms with van der Waals surface area (Å²) in [7, 11) is 3.51. The summed E-state index contributed by atoms with van der Waals surface area (Å²) in [4.78, 5) is 4.20. The molecule has 1 aromatic carbocycles. The Balaban J connectivity index is 2.39. The highest BCUT2D eigenvalue weighted by atomic mass is 32.2. The highest BCUT2D eigenvalue weighted by Crippen LogP contribution is 2.18. The van der Waals surface area contributed by atoms with Crippen LogP contribution in [-0.4, -0.2) is 45.2 Å². The fraction of sp³-hybridized carbons (Fsp3) is 0.533. The average molecular weight is 295 g/mol. The summed E-state index contributed by atoms with van der Waals surface area (Å²) in [6, 6.07) is 6.34. The Morgan fingerprint density at radius 3 is 2.70 bits per heavy atom. The molecule has 20 heavy (non-hydrogen) atoms. The van der Waals surface area contributed by atoms with Gasteiger partial charge in [0.1, 0.15) is 5.75 Å². The average Bonchev–Trinajstić information content (AvgIpc) is 2.47. The lowest BCUT2D eigenvalue weighted by Gasteiger charge is -2.12. The standard InChI is InChI=1S/C15H25N3OS/c1-12-5-6-13(11-14(12)19-3)7-8-17-15(16-2)18-9-10-20-4/h5-6,11H,7-10H2,1-4H3,(H2,16,17,18). The van der Waals surface area contributed by atoms with E-state index in [0.29, 0.717) is 0 Å². The Labute approximate surface area is 126 Å². The molecule has 0 amide bonds. The second-order valence-corrected chi connectivity index (χ2v) is 5.46. The van der Waals surface area contributed by atoms with Gasteiger partial charge in [-0.25, -0.2) is 0 Å². The van der Waals surface area contributed by atoms with Gasteiger partial charge in [-0.2, -0.15) is 11.8 Å². The van der Waals surface area contributed by atoms with Gasteiger partial charge in [-0.3, -0.25) is 4.99 Å². The number of nitrogens with zero attached hydrogens (tertiary/aromatic N) is 1. The third-order valence-corrected chi connectivity index (χ3v) is 3.61. The molecule has 112 valence electrons. The van der Waals surface area contributed by atoms with Crippen molar-refractivity contribution in [3.63, 3.8) is 0 Å². The molecule has 0 aliphatic carbocycles. The Hall–Kier alpha value is -1.36. The molecule has 0 heterocycles. The number of ether oxygens (including phenoxy) is 1. The first kappa shape index (κ1) is 16.7. The molecule has 0 unspecified atom stereocenters. The van der Waals surface area contributed by atoms with E-state index in [2.05, 4.69) is 47.0 Å². The number of aliphatic imine (C=N–C) groups is 1. The first-order valence-electron chi connectivity index (χ1n) is 6.78. The van der Waals surface area contributed by atoms with Gasteiger partial charge in [0.25, 0.3) is 0 Å². The van der Waals surface area contributed by atoms with E-state index in [1.807, 2.05) is 11.8 Å². The highest BCUT2D eigenvalue weighted by molar-refractivity contribution is 7.98. The van der Waals surface area contributed by atoms with Crippen LogP contribution in [0.25, 0.3) is 0 Å². The van der Waals surface area contributed by atoms with Crippen molar-refractivity contribution in [3.8, 4) is 5.75 Å². The molecule has 0 atom stereocenters. The molecule has 0 spiro atoms. The summed E-state index contributed by atoms with van der Waals surface area (Å²) in [6.45, 7) is 3.84. The molecule has 5 heteroatoms. The fourth-order valence-corrected chi connectivity index (χ4v) is 2.14. The normalized spacial score (nSPS) is 11.3. The van der Waals surface area contributed by atoms with Crippen LogP contribution in [0.2, 0.25) is 0 Å². The topological polar surface area (TPSA) is 45.7 Å². The lowest BCUT2D eigenvalue weighted by molar-refractivity contribution is 0.411. The molecule has 0 bridgehead atoms. The predicted molar refractivity (Wildman–Crippen MR) is 89.2 cm³/mol. The van der Waals surface area contributed by atoms with E-state index in [1.165, 1.54) is 11.1 Å². The van der Waals surface area contributed by atoms with E-state index in [1.54, 1.807) is 14.2 Å². The number of methoxy groups -OCH3 is 1. The van der Waals surface area contributed by atoms with Gasteiger partial charge in [0.15, 0.2) is 5.96 Å². The van der Waals surface area contributed by atoms with Gasteiger partial charge in [0, 0.05) is 25.9 Å². The Morgan fingerprint density at radius 1 is 1.30 bits per heavy atom. The predicted octanol–water partition coefficient (Wildman–Crippen LogP) is 2.07.